The van der Waals surface area contributed by atoms with E-state index < -0.39 is 4.92 Å². The van der Waals surface area contributed by atoms with Gasteiger partial charge >= 0.3 is 0 Å². The number of carbonyl (C=O) groups is 1. The number of nitro benzene ring substituents is 1. The number of nitro groups is 1. The van der Waals surface area contributed by atoms with Crippen LogP contribution in [-0.4, -0.2) is 61.8 Å². The summed E-state index contributed by atoms with van der Waals surface area (Å²) in [6.07, 6.45) is 5.64. The van der Waals surface area contributed by atoms with Crippen LogP contribution >= 0.6 is 11.8 Å². The first-order valence-electron chi connectivity index (χ1n) is 9.20. The molecule has 0 N–H and O–H groups in total. The van der Waals surface area contributed by atoms with Gasteiger partial charge in [0.2, 0.25) is 0 Å². The van der Waals surface area contributed by atoms with Crippen molar-refractivity contribution in [2.45, 2.75) is 6.54 Å². The van der Waals surface area contributed by atoms with Crippen molar-refractivity contribution in [3.8, 4) is 0 Å². The number of aromatic nitrogens is 2. The molecule has 0 spiro atoms. The maximum atomic E-state index is 12.3. The van der Waals surface area contributed by atoms with E-state index in [1.165, 1.54) is 29.5 Å². The van der Waals surface area contributed by atoms with Crippen LogP contribution in [0.2, 0.25) is 0 Å². The minimum absolute atomic E-state index is 0.0265. The number of aryl methyl sites for hydroxylation is 1. The third-order valence-electron chi connectivity index (χ3n) is 4.82. The molecule has 0 radical (unpaired) electrons. The molecule has 0 bridgehead atoms. The fraction of sp³-hybridized carbons (Fsp3) is 0.316. The van der Waals surface area contributed by atoms with Crippen molar-refractivity contribution in [2.75, 3.05) is 26.2 Å². The van der Waals surface area contributed by atoms with Gasteiger partial charge in [0.05, 0.1) is 16.0 Å². The lowest BCUT2D eigenvalue weighted by Gasteiger charge is -2.35. The van der Waals surface area contributed by atoms with Crippen LogP contribution in [0.15, 0.2) is 46.6 Å². The number of carbonyl (C=O) groups excluding carboxylic acids is 1. The second-order valence-electron chi connectivity index (χ2n) is 6.94. The fourth-order valence-corrected chi connectivity index (χ4v) is 4.25. The molecular formula is C19H20N6O3S. The van der Waals surface area contributed by atoms with Crippen LogP contribution in [0.5, 0.6) is 0 Å². The van der Waals surface area contributed by atoms with Crippen molar-refractivity contribution in [3.05, 3.63) is 62.8 Å². The van der Waals surface area contributed by atoms with Crippen LogP contribution < -0.4 is 0 Å². The van der Waals surface area contributed by atoms with Gasteiger partial charge in [0.25, 0.3) is 11.6 Å². The monoisotopic (exact) mass is 412 g/mol. The molecule has 150 valence electrons. The number of rotatable bonds is 4. The Labute approximate surface area is 171 Å². The Kier molecular flexibility index (Phi) is 5.45. The quantitative estimate of drug-likeness (QED) is 0.431. The van der Waals surface area contributed by atoms with Crippen LogP contribution in [-0.2, 0) is 18.4 Å². The molecule has 1 fully saturated rings. The number of non-ortho nitro benzene ring substituents is 1. The molecule has 4 rings (SSSR count). The standard InChI is InChI=1S/C19H20N6O3S/c1-22-12-15(11-20-22)13-23-6-8-24(9-7-23)19-21-18(26)17(29-19)10-14-2-4-16(5-3-14)25(27)28/h2-5,10-12H,6-9,13H2,1H3. The Morgan fingerprint density at radius 1 is 1.21 bits per heavy atom. The molecular weight excluding hydrogens is 392 g/mol. The van der Waals surface area contributed by atoms with Gasteiger partial charge in [0.15, 0.2) is 5.17 Å². The largest absolute Gasteiger partial charge is 0.348 e. The van der Waals surface area contributed by atoms with Gasteiger partial charge in [-0.15, -0.1) is 0 Å². The summed E-state index contributed by atoms with van der Waals surface area (Å²) in [6, 6.07) is 6.13. The summed E-state index contributed by atoms with van der Waals surface area (Å²) in [6.45, 7) is 4.27. The topological polar surface area (TPSA) is 96.9 Å². The Hall–Kier alpha value is -2.98. The summed E-state index contributed by atoms with van der Waals surface area (Å²) < 4.78 is 1.81. The van der Waals surface area contributed by atoms with Crippen LogP contribution in [0.1, 0.15) is 11.1 Å². The van der Waals surface area contributed by atoms with Gasteiger partial charge in [-0.3, -0.25) is 24.5 Å². The van der Waals surface area contributed by atoms with Crippen molar-refractivity contribution in [1.82, 2.24) is 19.6 Å². The second kappa shape index (κ2) is 8.18. The van der Waals surface area contributed by atoms with Crippen LogP contribution in [0.3, 0.4) is 0 Å². The van der Waals surface area contributed by atoms with Gasteiger partial charge < -0.3 is 4.90 Å². The SMILES string of the molecule is Cn1cc(CN2CCN(C3=NC(=O)C(=Cc4ccc([N+](=O)[O-])cc4)S3)CC2)cn1. The van der Waals surface area contributed by atoms with E-state index in [2.05, 4.69) is 19.9 Å². The minimum Gasteiger partial charge on any atom is -0.348 e. The van der Waals surface area contributed by atoms with E-state index in [0.29, 0.717) is 4.91 Å². The number of aliphatic imine (C=N–C) groups is 1. The third-order valence-corrected chi connectivity index (χ3v) is 5.86. The molecule has 0 atom stereocenters. The number of amides is 1. The predicted octanol–water partition coefficient (Wildman–Crippen LogP) is 2.12. The van der Waals surface area contributed by atoms with Crippen molar-refractivity contribution < 1.29 is 9.72 Å². The molecule has 0 unspecified atom stereocenters. The maximum Gasteiger partial charge on any atom is 0.286 e. The molecule has 0 saturated carbocycles. The molecule has 0 aliphatic carbocycles. The first-order chi connectivity index (χ1) is 14.0. The molecule has 1 aromatic heterocycles. The lowest BCUT2D eigenvalue weighted by molar-refractivity contribution is -0.384. The highest BCUT2D eigenvalue weighted by atomic mass is 32.2. The maximum absolute atomic E-state index is 12.3. The van der Waals surface area contributed by atoms with Gasteiger partial charge in [-0.2, -0.15) is 10.1 Å². The van der Waals surface area contributed by atoms with E-state index in [0.717, 1.165) is 43.5 Å². The van der Waals surface area contributed by atoms with E-state index in [4.69, 9.17) is 0 Å². The summed E-state index contributed by atoms with van der Waals surface area (Å²) >= 11 is 1.36. The van der Waals surface area contributed by atoms with Crippen LogP contribution in [0.25, 0.3) is 6.08 Å². The summed E-state index contributed by atoms with van der Waals surface area (Å²) in [5, 5.41) is 15.7. The predicted molar refractivity (Wildman–Crippen MR) is 111 cm³/mol. The fourth-order valence-electron chi connectivity index (χ4n) is 3.29. The Morgan fingerprint density at radius 3 is 2.55 bits per heavy atom. The van der Waals surface area contributed by atoms with E-state index in [1.807, 2.05) is 19.4 Å². The minimum atomic E-state index is -0.443. The number of thioether (sulfide) groups is 1. The van der Waals surface area contributed by atoms with E-state index in [1.54, 1.807) is 22.9 Å². The van der Waals surface area contributed by atoms with Gasteiger partial charge in [-0.25, -0.2) is 0 Å². The molecule has 2 aliphatic heterocycles. The number of piperazine rings is 1. The van der Waals surface area contributed by atoms with E-state index in [9.17, 15) is 14.9 Å². The summed E-state index contributed by atoms with van der Waals surface area (Å²) in [4.78, 5) is 31.8. The Balaban J connectivity index is 1.34. The molecule has 1 aromatic carbocycles. The van der Waals surface area contributed by atoms with Crippen LogP contribution in [0, 0.1) is 10.1 Å². The average molecular weight is 412 g/mol. The molecule has 1 amide bonds. The summed E-state index contributed by atoms with van der Waals surface area (Å²) in [5.41, 5.74) is 1.96. The highest BCUT2D eigenvalue weighted by Crippen LogP contribution is 2.31. The number of hydrogen-bond acceptors (Lipinski definition) is 7. The molecule has 29 heavy (non-hydrogen) atoms. The normalized spacial score (nSPS) is 19.1. The second-order valence-corrected chi connectivity index (χ2v) is 7.95. The van der Waals surface area contributed by atoms with Gasteiger partial charge in [0, 0.05) is 63.7 Å². The lowest BCUT2D eigenvalue weighted by atomic mass is 10.2. The zero-order chi connectivity index (χ0) is 20.4. The summed E-state index contributed by atoms with van der Waals surface area (Å²) in [7, 11) is 1.91. The Bertz CT molecular complexity index is 990. The number of benzene rings is 1. The molecule has 1 saturated heterocycles. The molecule has 9 nitrogen and oxygen atoms in total. The Morgan fingerprint density at radius 2 is 1.93 bits per heavy atom. The molecule has 3 heterocycles. The van der Waals surface area contributed by atoms with Gasteiger partial charge in [-0.05, 0) is 35.5 Å². The van der Waals surface area contributed by atoms with Crippen LogP contribution in [0.4, 0.5) is 5.69 Å². The molecule has 2 aliphatic rings. The molecule has 10 heteroatoms. The number of nitrogens with zero attached hydrogens (tertiary/aromatic N) is 6. The highest BCUT2D eigenvalue weighted by Gasteiger charge is 2.28. The van der Waals surface area contributed by atoms with E-state index >= 15 is 0 Å². The van der Waals surface area contributed by atoms with Gasteiger partial charge in [-0.1, -0.05) is 0 Å². The zero-order valence-corrected chi connectivity index (χ0v) is 16.7. The highest BCUT2D eigenvalue weighted by molar-refractivity contribution is 8.18. The van der Waals surface area contributed by atoms with Crippen molar-refractivity contribution >= 4 is 34.6 Å². The van der Waals surface area contributed by atoms with E-state index in [-0.39, 0.29) is 11.6 Å². The van der Waals surface area contributed by atoms with Crippen molar-refractivity contribution in [1.29, 1.82) is 0 Å². The van der Waals surface area contributed by atoms with Gasteiger partial charge in [0.1, 0.15) is 0 Å². The summed E-state index contributed by atoms with van der Waals surface area (Å²) in [5.74, 6) is -0.263. The van der Waals surface area contributed by atoms with Crippen molar-refractivity contribution in [3.63, 3.8) is 0 Å². The number of amidine groups is 1. The average Bonchev–Trinajstić information content (AvgIpc) is 3.28. The van der Waals surface area contributed by atoms with Crippen molar-refractivity contribution in [2.24, 2.45) is 12.0 Å². The molecule has 2 aromatic rings. The zero-order valence-electron chi connectivity index (χ0n) is 15.9. The first-order valence-corrected chi connectivity index (χ1v) is 10.0. The smallest absolute Gasteiger partial charge is 0.286 e. The third kappa shape index (κ3) is 4.54. The lowest BCUT2D eigenvalue weighted by Crippen LogP contribution is -2.47. The first kappa shape index (κ1) is 19.3. The number of hydrogen-bond donors (Lipinski definition) is 0.